The number of rotatable bonds is 2. The Bertz CT molecular complexity index is 500. The lowest BCUT2D eigenvalue weighted by molar-refractivity contribution is -0.135. The number of hydrogen-bond acceptors (Lipinski definition) is 2. The summed E-state index contributed by atoms with van der Waals surface area (Å²) < 4.78 is 0. The topological polar surface area (TPSA) is 32.3 Å². The molecule has 0 bridgehead atoms. The Hall–Kier alpha value is -1.51. The number of hydrogen-bond donors (Lipinski definition) is 1. The average molecular weight is 286 g/mol. The van der Waals surface area contributed by atoms with Gasteiger partial charge in [0.15, 0.2) is 0 Å². The van der Waals surface area contributed by atoms with E-state index in [0.717, 1.165) is 38.0 Å². The summed E-state index contributed by atoms with van der Waals surface area (Å²) in [4.78, 5) is 15.3. The maximum Gasteiger partial charge on any atom is 0.230 e. The second-order valence-electron chi connectivity index (χ2n) is 6.30. The fraction of sp³-hybridized carbons (Fsp3) is 0.611. The van der Waals surface area contributed by atoms with Crippen LogP contribution >= 0.6 is 0 Å². The van der Waals surface area contributed by atoms with Crippen LogP contribution in [0.1, 0.15) is 56.9 Å². The minimum atomic E-state index is 0.0506. The Kier molecular flexibility index (Phi) is 4.47. The van der Waals surface area contributed by atoms with Crippen LogP contribution in [0.15, 0.2) is 24.3 Å². The highest BCUT2D eigenvalue weighted by molar-refractivity contribution is 5.86. The fourth-order valence-electron chi connectivity index (χ4n) is 3.82. The Morgan fingerprint density at radius 1 is 1.24 bits per heavy atom. The Morgan fingerprint density at radius 2 is 2.10 bits per heavy atom. The lowest BCUT2D eigenvalue weighted by atomic mass is 9.89. The van der Waals surface area contributed by atoms with Gasteiger partial charge in [-0.15, -0.1) is 0 Å². The predicted octanol–water partition coefficient (Wildman–Crippen LogP) is 3.77. The van der Waals surface area contributed by atoms with Crippen molar-refractivity contribution in [3.05, 3.63) is 29.8 Å². The van der Waals surface area contributed by atoms with Crippen LogP contribution in [0, 0.1) is 0 Å². The summed E-state index contributed by atoms with van der Waals surface area (Å²) in [6, 6.07) is 8.74. The molecule has 2 atom stereocenters. The predicted molar refractivity (Wildman–Crippen MR) is 86.5 cm³/mol. The van der Waals surface area contributed by atoms with E-state index in [1.54, 1.807) is 0 Å². The SMILES string of the molecule is CCC1CCCCCN1C(=O)C1CCNc2ccccc21. The maximum atomic E-state index is 13.1. The van der Waals surface area contributed by atoms with Crippen molar-refractivity contribution >= 4 is 11.6 Å². The first-order valence-electron chi connectivity index (χ1n) is 8.44. The van der Waals surface area contributed by atoms with Crippen molar-refractivity contribution in [3.8, 4) is 0 Å². The smallest absolute Gasteiger partial charge is 0.230 e. The van der Waals surface area contributed by atoms with E-state index in [2.05, 4.69) is 29.3 Å². The largest absolute Gasteiger partial charge is 0.385 e. The average Bonchev–Trinajstić information content (AvgIpc) is 2.79. The van der Waals surface area contributed by atoms with Gasteiger partial charge in [0.2, 0.25) is 5.91 Å². The highest BCUT2D eigenvalue weighted by Crippen LogP contribution is 2.34. The molecule has 0 radical (unpaired) electrons. The summed E-state index contributed by atoms with van der Waals surface area (Å²) in [5.41, 5.74) is 2.33. The number of nitrogens with zero attached hydrogens (tertiary/aromatic N) is 1. The molecule has 1 fully saturated rings. The van der Waals surface area contributed by atoms with Crippen LogP contribution in [0.4, 0.5) is 5.69 Å². The molecule has 1 aromatic rings. The highest BCUT2D eigenvalue weighted by atomic mass is 16.2. The number of anilines is 1. The van der Waals surface area contributed by atoms with Gasteiger partial charge >= 0.3 is 0 Å². The molecule has 114 valence electrons. The fourth-order valence-corrected chi connectivity index (χ4v) is 3.82. The van der Waals surface area contributed by atoms with Gasteiger partial charge in [0.1, 0.15) is 0 Å². The Balaban J connectivity index is 1.84. The second-order valence-corrected chi connectivity index (χ2v) is 6.30. The lowest BCUT2D eigenvalue weighted by Crippen LogP contribution is -2.43. The van der Waals surface area contributed by atoms with E-state index in [1.165, 1.54) is 24.8 Å². The molecule has 1 aromatic carbocycles. The maximum absolute atomic E-state index is 13.1. The number of amides is 1. The molecule has 21 heavy (non-hydrogen) atoms. The van der Waals surface area contributed by atoms with Crippen molar-refractivity contribution in [1.29, 1.82) is 0 Å². The molecule has 0 saturated carbocycles. The van der Waals surface area contributed by atoms with E-state index in [1.807, 2.05) is 12.1 Å². The monoisotopic (exact) mass is 286 g/mol. The summed E-state index contributed by atoms with van der Waals surface area (Å²) in [7, 11) is 0. The van der Waals surface area contributed by atoms with Crippen molar-refractivity contribution in [2.45, 2.75) is 57.4 Å². The van der Waals surface area contributed by atoms with Gasteiger partial charge in [-0.25, -0.2) is 0 Å². The zero-order valence-electron chi connectivity index (χ0n) is 13.0. The molecule has 2 unspecified atom stereocenters. The van der Waals surface area contributed by atoms with Crippen LogP contribution < -0.4 is 5.32 Å². The molecule has 2 aliphatic heterocycles. The molecule has 2 aliphatic rings. The van der Waals surface area contributed by atoms with Gasteiger partial charge in [0.05, 0.1) is 5.92 Å². The number of carbonyl (C=O) groups excluding carboxylic acids is 1. The number of nitrogens with one attached hydrogen (secondary N) is 1. The van der Waals surface area contributed by atoms with Gasteiger partial charge in [0.25, 0.3) is 0 Å². The minimum Gasteiger partial charge on any atom is -0.385 e. The molecule has 1 saturated heterocycles. The number of carbonyl (C=O) groups is 1. The number of benzene rings is 1. The Labute approximate surface area is 127 Å². The quantitative estimate of drug-likeness (QED) is 0.897. The van der Waals surface area contributed by atoms with Gasteiger partial charge < -0.3 is 10.2 Å². The summed E-state index contributed by atoms with van der Waals surface area (Å²) >= 11 is 0. The van der Waals surface area contributed by atoms with Crippen molar-refractivity contribution in [3.63, 3.8) is 0 Å². The summed E-state index contributed by atoms with van der Waals surface area (Å²) in [5, 5.41) is 3.42. The minimum absolute atomic E-state index is 0.0506. The molecular formula is C18H26N2O. The van der Waals surface area contributed by atoms with Crippen LogP contribution in [-0.2, 0) is 4.79 Å². The molecule has 0 spiro atoms. The zero-order chi connectivity index (χ0) is 14.7. The molecule has 1 amide bonds. The van der Waals surface area contributed by atoms with E-state index in [9.17, 15) is 4.79 Å². The van der Waals surface area contributed by atoms with Crippen LogP contribution in [0.5, 0.6) is 0 Å². The van der Waals surface area contributed by atoms with E-state index in [4.69, 9.17) is 0 Å². The van der Waals surface area contributed by atoms with Gasteiger partial charge in [-0.2, -0.15) is 0 Å². The first-order valence-corrected chi connectivity index (χ1v) is 8.44. The summed E-state index contributed by atoms with van der Waals surface area (Å²) in [6.07, 6.45) is 6.87. The molecule has 1 N–H and O–H groups in total. The third-order valence-corrected chi connectivity index (χ3v) is 5.01. The summed E-state index contributed by atoms with van der Waals surface area (Å²) in [5.74, 6) is 0.410. The molecule has 3 heteroatoms. The molecule has 3 rings (SSSR count). The molecule has 2 heterocycles. The Morgan fingerprint density at radius 3 is 2.95 bits per heavy atom. The van der Waals surface area contributed by atoms with E-state index in [-0.39, 0.29) is 5.92 Å². The first-order chi connectivity index (χ1) is 10.3. The lowest BCUT2D eigenvalue weighted by Gasteiger charge is -2.35. The number of likely N-dealkylation sites (tertiary alicyclic amines) is 1. The number of fused-ring (bicyclic) bond motifs is 1. The van der Waals surface area contributed by atoms with Crippen molar-refractivity contribution in [2.24, 2.45) is 0 Å². The molecule has 0 aromatic heterocycles. The van der Waals surface area contributed by atoms with Crippen molar-refractivity contribution in [2.75, 3.05) is 18.4 Å². The number of para-hydroxylation sites is 1. The molecule has 0 aliphatic carbocycles. The normalized spacial score (nSPS) is 25.7. The third kappa shape index (κ3) is 2.92. The van der Waals surface area contributed by atoms with E-state index in [0.29, 0.717) is 11.9 Å². The second kappa shape index (κ2) is 6.50. The third-order valence-electron chi connectivity index (χ3n) is 5.01. The van der Waals surface area contributed by atoms with Crippen LogP contribution in [-0.4, -0.2) is 29.9 Å². The zero-order valence-corrected chi connectivity index (χ0v) is 13.0. The van der Waals surface area contributed by atoms with E-state index < -0.39 is 0 Å². The van der Waals surface area contributed by atoms with Crippen molar-refractivity contribution < 1.29 is 4.79 Å². The van der Waals surface area contributed by atoms with Crippen LogP contribution in [0.25, 0.3) is 0 Å². The summed E-state index contributed by atoms with van der Waals surface area (Å²) in [6.45, 7) is 4.06. The first kappa shape index (κ1) is 14.4. The molecular weight excluding hydrogens is 260 g/mol. The molecule has 3 nitrogen and oxygen atoms in total. The highest BCUT2D eigenvalue weighted by Gasteiger charge is 2.33. The van der Waals surface area contributed by atoms with E-state index >= 15 is 0 Å². The van der Waals surface area contributed by atoms with Gasteiger partial charge in [0, 0.05) is 24.8 Å². The van der Waals surface area contributed by atoms with Crippen LogP contribution in [0.2, 0.25) is 0 Å². The standard InChI is InChI=1S/C18H26N2O/c1-2-14-8-4-3-7-13-20(14)18(21)16-11-12-19-17-10-6-5-9-15(16)17/h5-6,9-10,14,16,19H,2-4,7-8,11-13H2,1H3. The van der Waals surface area contributed by atoms with Crippen molar-refractivity contribution in [1.82, 2.24) is 4.90 Å². The van der Waals surface area contributed by atoms with Gasteiger partial charge in [-0.1, -0.05) is 38.0 Å². The van der Waals surface area contributed by atoms with Gasteiger partial charge in [-0.05, 0) is 37.3 Å². The van der Waals surface area contributed by atoms with Crippen LogP contribution in [0.3, 0.4) is 0 Å². The van der Waals surface area contributed by atoms with Gasteiger partial charge in [-0.3, -0.25) is 4.79 Å².